The van der Waals surface area contributed by atoms with Gasteiger partial charge < -0.3 is 4.74 Å². The molecule has 1 aromatic heterocycles. The molecule has 0 N–H and O–H groups in total. The van der Waals surface area contributed by atoms with E-state index < -0.39 is 0 Å². The zero-order chi connectivity index (χ0) is 13.1. The molecule has 1 aromatic carbocycles. The molecule has 0 saturated carbocycles. The van der Waals surface area contributed by atoms with Crippen molar-refractivity contribution in [2.24, 2.45) is 7.05 Å². The molecule has 3 heteroatoms. The van der Waals surface area contributed by atoms with E-state index in [0.717, 1.165) is 17.0 Å². The van der Waals surface area contributed by atoms with Crippen LogP contribution in [0.1, 0.15) is 36.6 Å². The van der Waals surface area contributed by atoms with Crippen molar-refractivity contribution in [3.63, 3.8) is 0 Å². The van der Waals surface area contributed by atoms with E-state index in [1.807, 2.05) is 19.3 Å². The van der Waals surface area contributed by atoms with Gasteiger partial charge in [-0.05, 0) is 36.1 Å². The van der Waals surface area contributed by atoms with Crippen LogP contribution in [0, 0.1) is 6.92 Å². The zero-order valence-electron chi connectivity index (χ0n) is 11.5. The normalized spacial score (nSPS) is 10.9. The summed E-state index contributed by atoms with van der Waals surface area (Å²) in [6.45, 7) is 6.96. The standard InChI is InChI=1S/C15H20N2O/c1-11(2)13-6-5-12(3)15(9-13)18-10-14-7-8-17(4)16-14/h5-9,11H,10H2,1-4H3. The van der Waals surface area contributed by atoms with Crippen molar-refractivity contribution in [1.82, 2.24) is 9.78 Å². The van der Waals surface area contributed by atoms with E-state index >= 15 is 0 Å². The smallest absolute Gasteiger partial charge is 0.132 e. The summed E-state index contributed by atoms with van der Waals surface area (Å²) in [7, 11) is 1.91. The number of aryl methyl sites for hydroxylation is 2. The Balaban J connectivity index is 2.10. The first-order chi connectivity index (χ1) is 8.56. The van der Waals surface area contributed by atoms with Crippen LogP contribution in [0.5, 0.6) is 5.75 Å². The number of ether oxygens (including phenoxy) is 1. The van der Waals surface area contributed by atoms with E-state index in [1.54, 1.807) is 4.68 Å². The van der Waals surface area contributed by atoms with Crippen LogP contribution in [-0.2, 0) is 13.7 Å². The Hall–Kier alpha value is -1.77. The molecule has 0 atom stereocenters. The molecule has 0 bridgehead atoms. The second-order valence-corrected chi connectivity index (χ2v) is 4.95. The molecule has 2 aromatic rings. The maximum absolute atomic E-state index is 5.85. The first kappa shape index (κ1) is 12.7. The van der Waals surface area contributed by atoms with E-state index in [4.69, 9.17) is 4.74 Å². The Morgan fingerprint density at radius 1 is 1.28 bits per heavy atom. The molecule has 0 aliphatic heterocycles. The van der Waals surface area contributed by atoms with Crippen molar-refractivity contribution in [2.45, 2.75) is 33.3 Å². The van der Waals surface area contributed by atoms with Crippen LogP contribution in [0.2, 0.25) is 0 Å². The van der Waals surface area contributed by atoms with Gasteiger partial charge in [0, 0.05) is 13.2 Å². The summed E-state index contributed by atoms with van der Waals surface area (Å²) in [5.74, 6) is 1.47. The molecule has 96 valence electrons. The van der Waals surface area contributed by atoms with Crippen LogP contribution >= 0.6 is 0 Å². The molecule has 18 heavy (non-hydrogen) atoms. The summed E-state index contributed by atoms with van der Waals surface area (Å²) < 4.78 is 7.64. The fraction of sp³-hybridized carbons (Fsp3) is 0.400. The van der Waals surface area contributed by atoms with Gasteiger partial charge in [0.1, 0.15) is 12.4 Å². The number of aromatic nitrogens is 2. The van der Waals surface area contributed by atoms with E-state index in [-0.39, 0.29) is 0 Å². The van der Waals surface area contributed by atoms with Gasteiger partial charge in [0.25, 0.3) is 0 Å². The maximum atomic E-state index is 5.85. The van der Waals surface area contributed by atoms with Gasteiger partial charge in [0.15, 0.2) is 0 Å². The van der Waals surface area contributed by atoms with Gasteiger partial charge >= 0.3 is 0 Å². The van der Waals surface area contributed by atoms with Crippen molar-refractivity contribution in [2.75, 3.05) is 0 Å². The molecule has 0 fully saturated rings. The summed E-state index contributed by atoms with van der Waals surface area (Å²) in [6.07, 6.45) is 1.93. The molecule has 0 radical (unpaired) electrons. The van der Waals surface area contributed by atoms with Crippen LogP contribution in [0.3, 0.4) is 0 Å². The Kier molecular flexibility index (Phi) is 3.70. The molecule has 1 heterocycles. The molecule has 2 rings (SSSR count). The van der Waals surface area contributed by atoms with Crippen molar-refractivity contribution in [3.8, 4) is 5.75 Å². The minimum atomic E-state index is 0.516. The Labute approximate surface area is 108 Å². The number of benzene rings is 1. The lowest BCUT2D eigenvalue weighted by Gasteiger charge is -2.12. The fourth-order valence-electron chi connectivity index (χ4n) is 1.82. The highest BCUT2D eigenvalue weighted by molar-refractivity contribution is 5.37. The van der Waals surface area contributed by atoms with Gasteiger partial charge in [-0.2, -0.15) is 5.10 Å². The zero-order valence-corrected chi connectivity index (χ0v) is 11.5. The van der Waals surface area contributed by atoms with E-state index in [0.29, 0.717) is 12.5 Å². The topological polar surface area (TPSA) is 27.1 Å². The minimum Gasteiger partial charge on any atom is -0.487 e. The van der Waals surface area contributed by atoms with Gasteiger partial charge in [-0.3, -0.25) is 4.68 Å². The van der Waals surface area contributed by atoms with Crippen molar-refractivity contribution < 1.29 is 4.74 Å². The third-order valence-corrected chi connectivity index (χ3v) is 3.02. The van der Waals surface area contributed by atoms with Crippen LogP contribution in [0.4, 0.5) is 0 Å². The summed E-state index contributed by atoms with van der Waals surface area (Å²) in [4.78, 5) is 0. The summed E-state index contributed by atoms with van der Waals surface area (Å²) >= 11 is 0. The molecule has 0 aliphatic carbocycles. The largest absolute Gasteiger partial charge is 0.487 e. The lowest BCUT2D eigenvalue weighted by molar-refractivity contribution is 0.297. The van der Waals surface area contributed by atoms with Gasteiger partial charge in [0.05, 0.1) is 5.69 Å². The van der Waals surface area contributed by atoms with Crippen LogP contribution in [0.25, 0.3) is 0 Å². The molecular weight excluding hydrogens is 224 g/mol. The number of hydrogen-bond donors (Lipinski definition) is 0. The minimum absolute atomic E-state index is 0.516. The van der Waals surface area contributed by atoms with E-state index in [1.165, 1.54) is 5.56 Å². The average Bonchev–Trinajstić information content (AvgIpc) is 2.74. The average molecular weight is 244 g/mol. The lowest BCUT2D eigenvalue weighted by atomic mass is 10.0. The number of hydrogen-bond acceptors (Lipinski definition) is 2. The molecule has 0 saturated heterocycles. The maximum Gasteiger partial charge on any atom is 0.132 e. The van der Waals surface area contributed by atoms with Crippen molar-refractivity contribution in [3.05, 3.63) is 47.3 Å². The third-order valence-electron chi connectivity index (χ3n) is 3.02. The Morgan fingerprint density at radius 3 is 2.67 bits per heavy atom. The van der Waals surface area contributed by atoms with E-state index in [2.05, 4.69) is 44.1 Å². The van der Waals surface area contributed by atoms with Crippen molar-refractivity contribution in [1.29, 1.82) is 0 Å². The van der Waals surface area contributed by atoms with Crippen LogP contribution in [-0.4, -0.2) is 9.78 Å². The van der Waals surface area contributed by atoms with Gasteiger partial charge in [-0.25, -0.2) is 0 Å². The highest BCUT2D eigenvalue weighted by atomic mass is 16.5. The predicted molar refractivity (Wildman–Crippen MR) is 72.8 cm³/mol. The number of nitrogens with zero attached hydrogens (tertiary/aromatic N) is 2. The van der Waals surface area contributed by atoms with Gasteiger partial charge in [-0.15, -0.1) is 0 Å². The van der Waals surface area contributed by atoms with Gasteiger partial charge in [-0.1, -0.05) is 26.0 Å². The second-order valence-electron chi connectivity index (χ2n) is 4.95. The first-order valence-electron chi connectivity index (χ1n) is 6.28. The molecular formula is C15H20N2O. The summed E-state index contributed by atoms with van der Waals surface area (Å²) in [5.41, 5.74) is 3.42. The highest BCUT2D eigenvalue weighted by Gasteiger charge is 2.06. The molecule has 3 nitrogen and oxygen atoms in total. The lowest BCUT2D eigenvalue weighted by Crippen LogP contribution is -2.00. The fourth-order valence-corrected chi connectivity index (χ4v) is 1.82. The van der Waals surface area contributed by atoms with Crippen LogP contribution < -0.4 is 4.74 Å². The molecule has 0 amide bonds. The first-order valence-corrected chi connectivity index (χ1v) is 6.28. The monoisotopic (exact) mass is 244 g/mol. The van der Waals surface area contributed by atoms with Gasteiger partial charge in [0.2, 0.25) is 0 Å². The van der Waals surface area contributed by atoms with Crippen LogP contribution in [0.15, 0.2) is 30.5 Å². The Morgan fingerprint density at radius 2 is 2.06 bits per heavy atom. The summed E-state index contributed by atoms with van der Waals surface area (Å²) in [5, 5.41) is 4.30. The molecule has 0 unspecified atom stereocenters. The predicted octanol–water partition coefficient (Wildman–Crippen LogP) is 3.43. The second kappa shape index (κ2) is 5.25. The molecule has 0 aliphatic rings. The SMILES string of the molecule is Cc1ccc(C(C)C)cc1OCc1ccn(C)n1. The Bertz CT molecular complexity index is 529. The highest BCUT2D eigenvalue weighted by Crippen LogP contribution is 2.24. The number of rotatable bonds is 4. The van der Waals surface area contributed by atoms with Crippen molar-refractivity contribution >= 4 is 0 Å². The third kappa shape index (κ3) is 2.92. The summed E-state index contributed by atoms with van der Waals surface area (Å²) in [6, 6.07) is 8.38. The quantitative estimate of drug-likeness (QED) is 0.824. The van der Waals surface area contributed by atoms with E-state index in [9.17, 15) is 0 Å². The molecule has 0 spiro atoms.